The maximum absolute atomic E-state index is 11.9. The average molecular weight is 328 g/mol. The van der Waals surface area contributed by atoms with Crippen molar-refractivity contribution in [2.45, 2.75) is 13.3 Å². The molecule has 6 nitrogen and oxygen atoms in total. The van der Waals surface area contributed by atoms with Crippen molar-refractivity contribution in [2.75, 3.05) is 13.7 Å². The van der Waals surface area contributed by atoms with Gasteiger partial charge in [-0.05, 0) is 36.2 Å². The van der Waals surface area contributed by atoms with Crippen LogP contribution in [0.25, 0.3) is 0 Å². The van der Waals surface area contributed by atoms with Gasteiger partial charge in [-0.1, -0.05) is 31.2 Å². The van der Waals surface area contributed by atoms with E-state index in [2.05, 4.69) is 10.9 Å². The summed E-state index contributed by atoms with van der Waals surface area (Å²) in [6.07, 6.45) is 0.902. The standard InChI is InChI=1S/C18H20N2O4/c1-3-13-8-10-14(11-9-13)18(22)20-19-17(21)12-24-16-7-5-4-6-15(16)23-2/h4-11H,3,12H2,1-2H3,(H,19,21)(H,20,22). The van der Waals surface area contributed by atoms with Gasteiger partial charge in [0.15, 0.2) is 18.1 Å². The van der Waals surface area contributed by atoms with Gasteiger partial charge in [0.25, 0.3) is 11.8 Å². The van der Waals surface area contributed by atoms with Crippen molar-refractivity contribution in [3.8, 4) is 11.5 Å². The van der Waals surface area contributed by atoms with Crippen molar-refractivity contribution in [1.82, 2.24) is 10.9 Å². The molecule has 0 aliphatic rings. The van der Waals surface area contributed by atoms with Crippen LogP contribution in [-0.2, 0) is 11.2 Å². The van der Waals surface area contributed by atoms with E-state index in [4.69, 9.17) is 9.47 Å². The Morgan fingerprint density at radius 3 is 2.25 bits per heavy atom. The predicted molar refractivity (Wildman–Crippen MR) is 89.9 cm³/mol. The van der Waals surface area contributed by atoms with Gasteiger partial charge in [0, 0.05) is 5.56 Å². The Balaban J connectivity index is 1.81. The summed E-state index contributed by atoms with van der Waals surface area (Å²) in [6, 6.07) is 14.2. The van der Waals surface area contributed by atoms with Gasteiger partial charge in [-0.15, -0.1) is 0 Å². The Bertz CT molecular complexity index is 698. The van der Waals surface area contributed by atoms with E-state index in [0.717, 1.165) is 12.0 Å². The first-order valence-corrected chi connectivity index (χ1v) is 7.58. The van der Waals surface area contributed by atoms with Crippen molar-refractivity contribution in [3.63, 3.8) is 0 Å². The largest absolute Gasteiger partial charge is 0.493 e. The summed E-state index contributed by atoms with van der Waals surface area (Å²) in [5.41, 5.74) is 6.27. The molecule has 2 amide bonds. The zero-order valence-corrected chi connectivity index (χ0v) is 13.7. The van der Waals surface area contributed by atoms with Crippen LogP contribution >= 0.6 is 0 Å². The second-order valence-electron chi connectivity index (χ2n) is 4.99. The highest BCUT2D eigenvalue weighted by Crippen LogP contribution is 2.25. The van der Waals surface area contributed by atoms with E-state index >= 15 is 0 Å². The van der Waals surface area contributed by atoms with Gasteiger partial charge in [-0.25, -0.2) is 0 Å². The molecule has 2 aromatic rings. The van der Waals surface area contributed by atoms with Crippen molar-refractivity contribution in [2.24, 2.45) is 0 Å². The third-order valence-corrected chi connectivity index (χ3v) is 3.37. The maximum Gasteiger partial charge on any atom is 0.276 e. The highest BCUT2D eigenvalue weighted by atomic mass is 16.5. The van der Waals surface area contributed by atoms with Crippen LogP contribution in [0.5, 0.6) is 11.5 Å². The van der Waals surface area contributed by atoms with E-state index in [1.165, 1.54) is 7.11 Å². The number of hydrogen-bond acceptors (Lipinski definition) is 4. The third-order valence-electron chi connectivity index (χ3n) is 3.37. The van der Waals surface area contributed by atoms with E-state index in [0.29, 0.717) is 17.1 Å². The molecule has 24 heavy (non-hydrogen) atoms. The van der Waals surface area contributed by atoms with Crippen LogP contribution in [-0.4, -0.2) is 25.5 Å². The average Bonchev–Trinajstić information content (AvgIpc) is 2.64. The zero-order chi connectivity index (χ0) is 17.4. The summed E-state index contributed by atoms with van der Waals surface area (Å²) in [7, 11) is 1.52. The summed E-state index contributed by atoms with van der Waals surface area (Å²) < 4.78 is 10.5. The Morgan fingerprint density at radius 2 is 1.62 bits per heavy atom. The second kappa shape index (κ2) is 8.57. The fourth-order valence-electron chi connectivity index (χ4n) is 2.01. The number of methoxy groups -OCH3 is 1. The molecule has 0 saturated heterocycles. The molecule has 2 aromatic carbocycles. The van der Waals surface area contributed by atoms with Crippen molar-refractivity contribution >= 4 is 11.8 Å². The van der Waals surface area contributed by atoms with E-state index in [-0.39, 0.29) is 12.5 Å². The molecule has 126 valence electrons. The van der Waals surface area contributed by atoms with Gasteiger partial charge in [0.05, 0.1) is 7.11 Å². The summed E-state index contributed by atoms with van der Waals surface area (Å²) in [5, 5.41) is 0. The number of hydrazine groups is 1. The molecule has 0 saturated carbocycles. The highest BCUT2D eigenvalue weighted by Gasteiger charge is 2.09. The van der Waals surface area contributed by atoms with E-state index < -0.39 is 5.91 Å². The molecule has 6 heteroatoms. The van der Waals surface area contributed by atoms with Gasteiger partial charge in [-0.2, -0.15) is 0 Å². The molecule has 0 atom stereocenters. The highest BCUT2D eigenvalue weighted by molar-refractivity contribution is 5.95. The van der Waals surface area contributed by atoms with Crippen molar-refractivity contribution in [1.29, 1.82) is 0 Å². The molecular formula is C18H20N2O4. The first-order valence-electron chi connectivity index (χ1n) is 7.58. The SMILES string of the molecule is CCc1ccc(C(=O)NNC(=O)COc2ccccc2OC)cc1. The quantitative estimate of drug-likeness (QED) is 0.796. The Morgan fingerprint density at radius 1 is 0.958 bits per heavy atom. The number of carbonyl (C=O) groups excluding carboxylic acids is 2. The molecule has 2 N–H and O–H groups in total. The lowest BCUT2D eigenvalue weighted by atomic mass is 10.1. The minimum atomic E-state index is -0.473. The molecule has 0 aliphatic heterocycles. The fourth-order valence-corrected chi connectivity index (χ4v) is 2.01. The lowest BCUT2D eigenvalue weighted by Crippen LogP contribution is -2.43. The molecule has 0 aromatic heterocycles. The summed E-state index contributed by atoms with van der Waals surface area (Å²) in [6.45, 7) is 1.80. The molecule has 2 rings (SSSR count). The maximum atomic E-state index is 11.9. The number of ether oxygens (including phenoxy) is 2. The number of para-hydroxylation sites is 2. The van der Waals surface area contributed by atoms with Gasteiger partial charge < -0.3 is 9.47 Å². The van der Waals surface area contributed by atoms with Crippen LogP contribution in [0.3, 0.4) is 0 Å². The predicted octanol–water partition coefficient (Wildman–Crippen LogP) is 2.10. The second-order valence-corrected chi connectivity index (χ2v) is 4.99. The van der Waals surface area contributed by atoms with Gasteiger partial charge in [-0.3, -0.25) is 20.4 Å². The summed E-state index contributed by atoms with van der Waals surface area (Å²) in [5.74, 6) is 0.129. The minimum Gasteiger partial charge on any atom is -0.493 e. The lowest BCUT2D eigenvalue weighted by Gasteiger charge is -2.11. The van der Waals surface area contributed by atoms with E-state index in [1.54, 1.807) is 36.4 Å². The number of rotatable bonds is 6. The first kappa shape index (κ1) is 17.3. The van der Waals surface area contributed by atoms with Gasteiger partial charge in [0.1, 0.15) is 0 Å². The monoisotopic (exact) mass is 328 g/mol. The summed E-state index contributed by atoms with van der Waals surface area (Å²) >= 11 is 0. The number of hydrogen-bond donors (Lipinski definition) is 2. The third kappa shape index (κ3) is 4.74. The Labute approximate surface area is 140 Å². The molecular weight excluding hydrogens is 308 g/mol. The molecule has 0 radical (unpaired) electrons. The number of nitrogens with one attached hydrogen (secondary N) is 2. The van der Waals surface area contributed by atoms with Gasteiger partial charge >= 0.3 is 0 Å². The van der Waals surface area contributed by atoms with Crippen LogP contribution in [0, 0.1) is 0 Å². The van der Waals surface area contributed by atoms with Crippen LogP contribution in [0.1, 0.15) is 22.8 Å². The number of benzene rings is 2. The van der Waals surface area contributed by atoms with E-state index in [1.807, 2.05) is 19.1 Å². The molecule has 0 fully saturated rings. The van der Waals surface area contributed by atoms with E-state index in [9.17, 15) is 9.59 Å². The lowest BCUT2D eigenvalue weighted by molar-refractivity contribution is -0.123. The molecule has 0 aliphatic carbocycles. The van der Waals surface area contributed by atoms with Crippen LogP contribution in [0.2, 0.25) is 0 Å². The van der Waals surface area contributed by atoms with Gasteiger partial charge in [0.2, 0.25) is 0 Å². The zero-order valence-electron chi connectivity index (χ0n) is 13.7. The Hall–Kier alpha value is -3.02. The molecule has 0 bridgehead atoms. The minimum absolute atomic E-state index is 0.241. The fraction of sp³-hybridized carbons (Fsp3) is 0.222. The topological polar surface area (TPSA) is 76.7 Å². The van der Waals surface area contributed by atoms with Crippen molar-refractivity contribution in [3.05, 3.63) is 59.7 Å². The van der Waals surface area contributed by atoms with Crippen LogP contribution < -0.4 is 20.3 Å². The van der Waals surface area contributed by atoms with Crippen LogP contribution in [0.4, 0.5) is 0 Å². The molecule has 0 spiro atoms. The number of amides is 2. The van der Waals surface area contributed by atoms with Crippen molar-refractivity contribution < 1.29 is 19.1 Å². The normalized spacial score (nSPS) is 9.92. The molecule has 0 heterocycles. The smallest absolute Gasteiger partial charge is 0.276 e. The number of carbonyl (C=O) groups is 2. The molecule has 0 unspecified atom stereocenters. The summed E-state index contributed by atoms with van der Waals surface area (Å²) in [4.78, 5) is 23.7. The Kier molecular flexibility index (Phi) is 6.19. The number of aryl methyl sites for hydroxylation is 1. The van der Waals surface area contributed by atoms with Crippen LogP contribution in [0.15, 0.2) is 48.5 Å². The first-order chi connectivity index (χ1) is 11.6.